The Morgan fingerprint density at radius 3 is 2.45 bits per heavy atom. The van der Waals surface area contributed by atoms with Gasteiger partial charge < -0.3 is 9.47 Å². The summed E-state index contributed by atoms with van der Waals surface area (Å²) in [6, 6.07) is 20.3. The first kappa shape index (κ1) is 11.8. The van der Waals surface area contributed by atoms with Crippen LogP contribution in [0.5, 0.6) is 11.5 Å². The zero-order chi connectivity index (χ0) is 13.5. The van der Waals surface area contributed by atoms with Crippen LogP contribution in [0.3, 0.4) is 0 Å². The van der Waals surface area contributed by atoms with Gasteiger partial charge in [0.2, 0.25) is 0 Å². The Kier molecular flexibility index (Phi) is 2.67. The topological polar surface area (TPSA) is 18.5 Å². The van der Waals surface area contributed by atoms with Gasteiger partial charge in [0, 0.05) is 10.0 Å². The van der Waals surface area contributed by atoms with E-state index in [0.717, 1.165) is 21.5 Å². The predicted molar refractivity (Wildman–Crippen MR) is 82.1 cm³/mol. The minimum Gasteiger partial charge on any atom is -0.447 e. The first-order valence-electron chi connectivity index (χ1n) is 6.41. The molecule has 0 spiro atoms. The molecular weight excluding hydrogens is 316 g/mol. The number of hydrogen-bond donors (Lipinski definition) is 0. The van der Waals surface area contributed by atoms with E-state index in [0.29, 0.717) is 0 Å². The summed E-state index contributed by atoms with van der Waals surface area (Å²) in [5, 5.41) is 2.41. The van der Waals surface area contributed by atoms with Crippen molar-refractivity contribution < 1.29 is 9.47 Å². The molecule has 98 valence electrons. The maximum absolute atomic E-state index is 5.87. The fourth-order valence-corrected chi connectivity index (χ4v) is 2.76. The number of benzene rings is 3. The van der Waals surface area contributed by atoms with Gasteiger partial charge in [0.25, 0.3) is 6.29 Å². The van der Waals surface area contributed by atoms with Crippen LogP contribution in [0.2, 0.25) is 0 Å². The number of fused-ring (bicyclic) bond motifs is 2. The van der Waals surface area contributed by atoms with Crippen molar-refractivity contribution in [3.05, 3.63) is 70.7 Å². The first-order chi connectivity index (χ1) is 9.79. The maximum Gasteiger partial charge on any atom is 0.267 e. The molecule has 0 radical (unpaired) electrons. The van der Waals surface area contributed by atoms with Gasteiger partial charge in [0.15, 0.2) is 11.5 Å². The third kappa shape index (κ3) is 1.95. The van der Waals surface area contributed by atoms with Crippen LogP contribution in [0.25, 0.3) is 10.8 Å². The molecule has 0 bridgehead atoms. The van der Waals surface area contributed by atoms with Gasteiger partial charge >= 0.3 is 0 Å². The van der Waals surface area contributed by atoms with E-state index >= 15 is 0 Å². The first-order valence-corrected chi connectivity index (χ1v) is 7.20. The summed E-state index contributed by atoms with van der Waals surface area (Å²) >= 11 is 3.44. The van der Waals surface area contributed by atoms with Gasteiger partial charge in [0.1, 0.15) is 0 Å². The van der Waals surface area contributed by atoms with Gasteiger partial charge in [-0.05, 0) is 35.0 Å². The van der Waals surface area contributed by atoms with Crippen molar-refractivity contribution in [2.24, 2.45) is 0 Å². The van der Waals surface area contributed by atoms with Crippen LogP contribution in [0.15, 0.2) is 65.1 Å². The quantitative estimate of drug-likeness (QED) is 0.621. The highest BCUT2D eigenvalue weighted by Crippen LogP contribution is 2.42. The molecule has 1 heterocycles. The van der Waals surface area contributed by atoms with Crippen molar-refractivity contribution >= 4 is 26.7 Å². The number of rotatable bonds is 1. The van der Waals surface area contributed by atoms with Crippen LogP contribution in [-0.4, -0.2) is 0 Å². The molecular formula is C17H11BrO2. The van der Waals surface area contributed by atoms with E-state index in [4.69, 9.17) is 9.47 Å². The lowest BCUT2D eigenvalue weighted by Gasteiger charge is -2.11. The molecule has 0 fully saturated rings. The molecule has 20 heavy (non-hydrogen) atoms. The van der Waals surface area contributed by atoms with Crippen LogP contribution in [0.4, 0.5) is 0 Å². The van der Waals surface area contributed by atoms with Crippen molar-refractivity contribution in [2.45, 2.75) is 6.29 Å². The molecule has 1 aliphatic heterocycles. The smallest absolute Gasteiger partial charge is 0.267 e. The molecule has 1 atom stereocenters. The van der Waals surface area contributed by atoms with E-state index < -0.39 is 0 Å². The third-order valence-corrected chi connectivity index (χ3v) is 3.91. The Balaban J connectivity index is 1.71. The second-order valence-electron chi connectivity index (χ2n) is 4.77. The highest BCUT2D eigenvalue weighted by molar-refractivity contribution is 9.10. The lowest BCUT2D eigenvalue weighted by molar-refractivity contribution is 0.0488. The molecule has 0 aromatic heterocycles. The molecule has 0 amide bonds. The average Bonchev–Trinajstić information content (AvgIpc) is 2.89. The number of ether oxygens (including phenoxy) is 2. The molecule has 0 saturated carbocycles. The van der Waals surface area contributed by atoms with E-state index in [1.807, 2.05) is 36.4 Å². The maximum atomic E-state index is 5.87. The minimum absolute atomic E-state index is 0.371. The second-order valence-corrected chi connectivity index (χ2v) is 5.68. The van der Waals surface area contributed by atoms with Crippen LogP contribution in [-0.2, 0) is 0 Å². The van der Waals surface area contributed by atoms with Gasteiger partial charge in [-0.1, -0.05) is 52.3 Å². The Hall–Kier alpha value is -2.00. The molecule has 3 aromatic rings. The largest absolute Gasteiger partial charge is 0.447 e. The van der Waals surface area contributed by atoms with E-state index in [1.165, 1.54) is 10.8 Å². The summed E-state index contributed by atoms with van der Waals surface area (Å²) in [5.41, 5.74) is 1.02. The van der Waals surface area contributed by atoms with Crippen LogP contribution in [0.1, 0.15) is 11.9 Å². The molecule has 0 saturated heterocycles. The molecule has 0 aliphatic carbocycles. The normalized spacial score (nSPS) is 16.6. The standard InChI is InChI=1S/C17H11BrO2/c18-14-7-8-15-16(10-14)20-17(19-15)13-6-5-11-3-1-2-4-12(11)9-13/h1-10,17H. The summed E-state index contributed by atoms with van der Waals surface area (Å²) < 4.78 is 12.7. The fourth-order valence-electron chi connectivity index (χ4n) is 2.42. The Morgan fingerprint density at radius 1 is 0.750 bits per heavy atom. The number of hydrogen-bond acceptors (Lipinski definition) is 2. The summed E-state index contributed by atoms with van der Waals surface area (Å²) in [6.07, 6.45) is -0.371. The fraction of sp³-hybridized carbons (Fsp3) is 0.0588. The van der Waals surface area contributed by atoms with Crippen LogP contribution < -0.4 is 9.47 Å². The zero-order valence-corrected chi connectivity index (χ0v) is 12.1. The molecule has 0 N–H and O–H groups in total. The Labute approximate surface area is 125 Å². The molecule has 1 aliphatic rings. The highest BCUT2D eigenvalue weighted by Gasteiger charge is 2.25. The van der Waals surface area contributed by atoms with E-state index in [1.54, 1.807) is 0 Å². The van der Waals surface area contributed by atoms with Gasteiger partial charge in [-0.3, -0.25) is 0 Å². The SMILES string of the molecule is Brc1ccc2c(c1)OC(c1ccc3ccccc3c1)O2. The third-order valence-electron chi connectivity index (χ3n) is 3.42. The zero-order valence-electron chi connectivity index (χ0n) is 10.5. The molecule has 4 rings (SSSR count). The summed E-state index contributed by atoms with van der Waals surface area (Å²) in [5.74, 6) is 1.56. The van der Waals surface area contributed by atoms with Crippen molar-refractivity contribution in [2.75, 3.05) is 0 Å². The van der Waals surface area contributed by atoms with Gasteiger partial charge in [-0.2, -0.15) is 0 Å². The Morgan fingerprint density at radius 2 is 1.55 bits per heavy atom. The summed E-state index contributed by atoms with van der Waals surface area (Å²) in [6.45, 7) is 0. The number of halogens is 1. The van der Waals surface area contributed by atoms with Crippen molar-refractivity contribution in [1.29, 1.82) is 0 Å². The highest BCUT2D eigenvalue weighted by atomic mass is 79.9. The predicted octanol–water partition coefficient (Wildman–Crippen LogP) is 5.07. The summed E-state index contributed by atoms with van der Waals surface area (Å²) in [4.78, 5) is 0. The second kappa shape index (κ2) is 4.53. The minimum atomic E-state index is -0.371. The van der Waals surface area contributed by atoms with Gasteiger partial charge in [-0.25, -0.2) is 0 Å². The van der Waals surface area contributed by atoms with Crippen LogP contribution >= 0.6 is 15.9 Å². The van der Waals surface area contributed by atoms with Crippen molar-refractivity contribution in [1.82, 2.24) is 0 Å². The van der Waals surface area contributed by atoms with E-state index in [9.17, 15) is 0 Å². The Bertz CT molecular complexity index is 798. The molecule has 1 unspecified atom stereocenters. The van der Waals surface area contributed by atoms with Crippen molar-refractivity contribution in [3.8, 4) is 11.5 Å². The lowest BCUT2D eigenvalue weighted by atomic mass is 10.1. The average molecular weight is 327 g/mol. The monoisotopic (exact) mass is 326 g/mol. The molecule has 3 aromatic carbocycles. The van der Waals surface area contributed by atoms with E-state index in [-0.39, 0.29) is 6.29 Å². The van der Waals surface area contributed by atoms with Crippen LogP contribution in [0, 0.1) is 0 Å². The molecule has 2 nitrogen and oxygen atoms in total. The van der Waals surface area contributed by atoms with Crippen molar-refractivity contribution in [3.63, 3.8) is 0 Å². The summed E-state index contributed by atoms with van der Waals surface area (Å²) in [7, 11) is 0. The van der Waals surface area contributed by atoms with Gasteiger partial charge in [0.05, 0.1) is 0 Å². The van der Waals surface area contributed by atoms with Gasteiger partial charge in [-0.15, -0.1) is 0 Å². The van der Waals surface area contributed by atoms with E-state index in [2.05, 4.69) is 40.2 Å². The molecule has 3 heteroatoms. The lowest BCUT2D eigenvalue weighted by Crippen LogP contribution is -2.07.